The molecule has 1 rings (SSSR count). The number of azide groups is 2. The number of anilines is 1. The van der Waals surface area contributed by atoms with Gasteiger partial charge in [-0.05, 0) is 41.2 Å². The van der Waals surface area contributed by atoms with Crippen molar-refractivity contribution in [2.75, 3.05) is 31.6 Å². The second kappa shape index (κ2) is 11.2. The maximum atomic E-state index is 11.8. The van der Waals surface area contributed by atoms with Crippen LogP contribution in [-0.2, 0) is 20.7 Å². The highest BCUT2D eigenvalue weighted by molar-refractivity contribution is 5.85. The Labute approximate surface area is 143 Å². The first kappa shape index (κ1) is 19.6. The molecule has 25 heavy (non-hydrogen) atoms. The minimum absolute atomic E-state index is 0.0113. The number of hydrogen-bond acceptors (Lipinski definition) is 6. The Morgan fingerprint density at radius 3 is 2.40 bits per heavy atom. The SMILES string of the molecule is Cc1ccc(NC(=O)OCCN=[N+]=[N-])cc1CC(=O)OCCN=[N+]=[N-]. The number of nitrogens with one attached hydrogen (secondary N) is 1. The molecule has 0 radical (unpaired) electrons. The van der Waals surface area contributed by atoms with Crippen molar-refractivity contribution in [3.8, 4) is 0 Å². The summed E-state index contributed by atoms with van der Waals surface area (Å²) >= 11 is 0. The molecule has 1 aromatic carbocycles. The maximum Gasteiger partial charge on any atom is 0.411 e. The van der Waals surface area contributed by atoms with Gasteiger partial charge in [0.25, 0.3) is 0 Å². The number of carbonyl (C=O) groups excluding carboxylic acids is 2. The van der Waals surface area contributed by atoms with Gasteiger partial charge < -0.3 is 9.47 Å². The molecule has 0 atom stereocenters. The third kappa shape index (κ3) is 8.12. The second-order valence-electron chi connectivity index (χ2n) is 4.71. The number of nitrogens with zero attached hydrogens (tertiary/aromatic N) is 6. The summed E-state index contributed by atoms with van der Waals surface area (Å²) in [4.78, 5) is 28.5. The fourth-order valence-corrected chi connectivity index (χ4v) is 1.77. The van der Waals surface area contributed by atoms with Crippen molar-refractivity contribution in [2.24, 2.45) is 10.2 Å². The lowest BCUT2D eigenvalue weighted by Gasteiger charge is -2.10. The number of ether oxygens (including phenoxy) is 2. The van der Waals surface area contributed by atoms with Gasteiger partial charge in [-0.3, -0.25) is 10.1 Å². The highest BCUT2D eigenvalue weighted by Gasteiger charge is 2.10. The molecule has 1 aromatic rings. The lowest BCUT2D eigenvalue weighted by Crippen LogP contribution is -2.16. The van der Waals surface area contributed by atoms with Gasteiger partial charge in [0.05, 0.1) is 32.7 Å². The minimum Gasteiger partial charge on any atom is -0.465 e. The molecule has 0 saturated carbocycles. The van der Waals surface area contributed by atoms with Crippen LogP contribution in [0.3, 0.4) is 0 Å². The van der Waals surface area contributed by atoms with Crippen LogP contribution in [0.5, 0.6) is 0 Å². The molecule has 0 aliphatic heterocycles. The van der Waals surface area contributed by atoms with Crippen LogP contribution in [-0.4, -0.2) is 38.4 Å². The summed E-state index contributed by atoms with van der Waals surface area (Å²) in [5.74, 6) is -0.467. The first-order valence-electron chi connectivity index (χ1n) is 7.27. The fraction of sp³-hybridized carbons (Fsp3) is 0.429. The second-order valence-corrected chi connectivity index (χ2v) is 4.71. The van der Waals surface area contributed by atoms with Crippen LogP contribution < -0.4 is 5.32 Å². The van der Waals surface area contributed by atoms with Gasteiger partial charge in [-0.25, -0.2) is 4.79 Å². The molecule has 11 nitrogen and oxygen atoms in total. The van der Waals surface area contributed by atoms with Gasteiger partial charge in [-0.1, -0.05) is 16.3 Å². The van der Waals surface area contributed by atoms with Gasteiger partial charge in [0.15, 0.2) is 0 Å². The van der Waals surface area contributed by atoms with Gasteiger partial charge in [-0.15, -0.1) is 0 Å². The van der Waals surface area contributed by atoms with E-state index in [1.807, 2.05) is 6.92 Å². The van der Waals surface area contributed by atoms with E-state index in [2.05, 4.69) is 25.4 Å². The zero-order valence-electron chi connectivity index (χ0n) is 13.6. The third-order valence-electron chi connectivity index (χ3n) is 2.94. The number of hydrogen-bond donors (Lipinski definition) is 1. The lowest BCUT2D eigenvalue weighted by molar-refractivity contribution is -0.142. The molecule has 0 aliphatic carbocycles. The van der Waals surface area contributed by atoms with Crippen molar-refractivity contribution < 1.29 is 19.1 Å². The Morgan fingerprint density at radius 1 is 1.12 bits per heavy atom. The average molecular weight is 347 g/mol. The topological polar surface area (TPSA) is 162 Å². The van der Waals surface area contributed by atoms with Crippen LogP contribution in [0, 0.1) is 6.92 Å². The number of rotatable bonds is 9. The number of carbonyl (C=O) groups is 2. The quantitative estimate of drug-likeness (QED) is 0.238. The molecule has 0 spiro atoms. The molecule has 0 aliphatic rings. The summed E-state index contributed by atoms with van der Waals surface area (Å²) in [6.07, 6.45) is -0.677. The van der Waals surface area contributed by atoms with Crippen molar-refractivity contribution in [1.29, 1.82) is 0 Å². The summed E-state index contributed by atoms with van der Waals surface area (Å²) in [7, 11) is 0. The average Bonchev–Trinajstić information content (AvgIpc) is 2.58. The maximum absolute atomic E-state index is 11.8. The molecule has 0 saturated heterocycles. The minimum atomic E-state index is -0.695. The Morgan fingerprint density at radius 2 is 1.76 bits per heavy atom. The zero-order chi connectivity index (χ0) is 18.5. The lowest BCUT2D eigenvalue weighted by atomic mass is 10.0. The van der Waals surface area contributed by atoms with Crippen molar-refractivity contribution in [3.63, 3.8) is 0 Å². The van der Waals surface area contributed by atoms with Crippen LogP contribution in [0.4, 0.5) is 10.5 Å². The summed E-state index contributed by atoms with van der Waals surface area (Å²) in [5, 5.41) is 9.03. The van der Waals surface area contributed by atoms with E-state index >= 15 is 0 Å². The zero-order valence-corrected chi connectivity index (χ0v) is 13.6. The first-order valence-corrected chi connectivity index (χ1v) is 7.27. The molecular formula is C14H17N7O4. The van der Waals surface area contributed by atoms with Gasteiger partial charge >= 0.3 is 12.1 Å². The van der Waals surface area contributed by atoms with Gasteiger partial charge in [-0.2, -0.15) is 0 Å². The summed E-state index contributed by atoms with van der Waals surface area (Å²) < 4.78 is 9.77. The molecule has 0 fully saturated rings. The third-order valence-corrected chi connectivity index (χ3v) is 2.94. The molecule has 0 aromatic heterocycles. The van der Waals surface area contributed by atoms with Crippen molar-refractivity contribution in [2.45, 2.75) is 13.3 Å². The van der Waals surface area contributed by atoms with Crippen molar-refractivity contribution >= 4 is 17.7 Å². The number of aryl methyl sites for hydroxylation is 1. The van der Waals surface area contributed by atoms with Gasteiger partial charge in [0.1, 0.15) is 0 Å². The first-order chi connectivity index (χ1) is 12.1. The number of amides is 1. The monoisotopic (exact) mass is 347 g/mol. The molecule has 132 valence electrons. The molecular weight excluding hydrogens is 330 g/mol. The van der Waals surface area contributed by atoms with E-state index in [9.17, 15) is 9.59 Å². The van der Waals surface area contributed by atoms with Crippen LogP contribution in [0.1, 0.15) is 11.1 Å². The van der Waals surface area contributed by atoms with E-state index in [1.54, 1.807) is 18.2 Å². The van der Waals surface area contributed by atoms with E-state index in [0.717, 1.165) is 5.56 Å². The Balaban J connectivity index is 2.57. The van der Waals surface area contributed by atoms with Crippen LogP contribution in [0.2, 0.25) is 0 Å². The Bertz CT molecular complexity index is 709. The molecule has 0 heterocycles. The largest absolute Gasteiger partial charge is 0.465 e. The Kier molecular flexibility index (Phi) is 8.77. The van der Waals surface area contributed by atoms with Crippen LogP contribution >= 0.6 is 0 Å². The van der Waals surface area contributed by atoms with E-state index in [0.29, 0.717) is 11.3 Å². The highest BCUT2D eigenvalue weighted by Crippen LogP contribution is 2.16. The molecule has 0 bridgehead atoms. The van der Waals surface area contributed by atoms with Crippen LogP contribution in [0.15, 0.2) is 28.4 Å². The summed E-state index contributed by atoms with van der Waals surface area (Å²) in [6.45, 7) is 1.92. The standard InChI is InChI=1S/C14H17N7O4/c1-10-2-3-12(19-14(23)25-7-5-18-21-16)8-11(10)9-13(22)24-6-4-17-20-15/h2-3,8H,4-7,9H2,1H3,(H,19,23). The van der Waals surface area contributed by atoms with Crippen molar-refractivity contribution in [3.05, 3.63) is 50.2 Å². The fourth-order valence-electron chi connectivity index (χ4n) is 1.77. The molecule has 11 heteroatoms. The van der Waals surface area contributed by atoms with Crippen molar-refractivity contribution in [1.82, 2.24) is 0 Å². The predicted molar refractivity (Wildman–Crippen MR) is 88.8 cm³/mol. The summed E-state index contributed by atoms with van der Waals surface area (Å²) in [5.41, 5.74) is 18.2. The highest BCUT2D eigenvalue weighted by atomic mass is 16.5. The summed E-state index contributed by atoms with van der Waals surface area (Å²) in [6, 6.07) is 5.05. The predicted octanol–water partition coefficient (Wildman–Crippen LogP) is 3.25. The van der Waals surface area contributed by atoms with Crippen LogP contribution in [0.25, 0.3) is 20.9 Å². The molecule has 1 N–H and O–H groups in total. The molecule has 1 amide bonds. The van der Waals surface area contributed by atoms with Gasteiger partial charge in [0, 0.05) is 15.5 Å². The van der Waals surface area contributed by atoms with E-state index in [4.69, 9.17) is 20.5 Å². The van der Waals surface area contributed by atoms with E-state index in [-0.39, 0.29) is 32.7 Å². The number of benzene rings is 1. The smallest absolute Gasteiger partial charge is 0.411 e. The Hall–Kier alpha value is -3.42. The molecule has 0 unspecified atom stereocenters. The van der Waals surface area contributed by atoms with Gasteiger partial charge in [0.2, 0.25) is 0 Å². The van der Waals surface area contributed by atoms with E-state index < -0.39 is 12.1 Å². The van der Waals surface area contributed by atoms with E-state index in [1.165, 1.54) is 0 Å². The normalized spacial score (nSPS) is 9.32. The number of esters is 1.